The lowest BCUT2D eigenvalue weighted by Crippen LogP contribution is -2.38. The van der Waals surface area contributed by atoms with E-state index in [2.05, 4.69) is 77.3 Å². The van der Waals surface area contributed by atoms with Crippen LogP contribution in [-0.4, -0.2) is 35.0 Å². The zero-order valence-corrected chi connectivity index (χ0v) is 15.6. The molecule has 0 bridgehead atoms. The summed E-state index contributed by atoms with van der Waals surface area (Å²) < 4.78 is 0. The molecule has 1 nitrogen and oxygen atoms in total. The lowest BCUT2D eigenvalue weighted by atomic mass is 10.00. The molecule has 0 saturated carbocycles. The molecular formula is C21H25NS2. The van der Waals surface area contributed by atoms with Gasteiger partial charge in [-0.25, -0.2) is 0 Å². The SMILES string of the molecule is c1ccc(SCC2CN3CCCCC3C2Sc2ccccc2)cc1. The Balaban J connectivity index is 1.47. The molecule has 4 rings (SSSR count). The van der Waals surface area contributed by atoms with Gasteiger partial charge in [-0.2, -0.15) is 0 Å². The van der Waals surface area contributed by atoms with Crippen LogP contribution in [0.4, 0.5) is 0 Å². The number of piperidine rings is 1. The maximum absolute atomic E-state index is 2.78. The van der Waals surface area contributed by atoms with Crippen LogP contribution in [0.15, 0.2) is 70.5 Å². The molecule has 2 aliphatic rings. The van der Waals surface area contributed by atoms with Gasteiger partial charge in [-0.1, -0.05) is 42.8 Å². The van der Waals surface area contributed by atoms with Crippen LogP contribution in [-0.2, 0) is 0 Å². The highest BCUT2D eigenvalue weighted by atomic mass is 32.2. The topological polar surface area (TPSA) is 3.24 Å². The number of hydrogen-bond acceptors (Lipinski definition) is 3. The first-order valence-corrected chi connectivity index (χ1v) is 10.9. The van der Waals surface area contributed by atoms with Gasteiger partial charge in [-0.3, -0.25) is 4.90 Å². The molecule has 2 aromatic rings. The maximum atomic E-state index is 2.78. The van der Waals surface area contributed by atoms with Gasteiger partial charge in [-0.05, 0) is 49.6 Å². The van der Waals surface area contributed by atoms with Crippen LogP contribution in [0, 0.1) is 5.92 Å². The van der Waals surface area contributed by atoms with Crippen LogP contribution < -0.4 is 0 Å². The summed E-state index contributed by atoms with van der Waals surface area (Å²) in [5, 5.41) is 0.740. The predicted octanol–water partition coefficient (Wildman–Crippen LogP) is 5.42. The third-order valence-corrected chi connectivity index (χ3v) is 7.92. The van der Waals surface area contributed by atoms with Crippen molar-refractivity contribution >= 4 is 23.5 Å². The van der Waals surface area contributed by atoms with Gasteiger partial charge in [0.25, 0.3) is 0 Å². The van der Waals surface area contributed by atoms with Gasteiger partial charge < -0.3 is 0 Å². The molecule has 2 saturated heterocycles. The van der Waals surface area contributed by atoms with Crippen LogP contribution in [0.3, 0.4) is 0 Å². The van der Waals surface area contributed by atoms with Crippen molar-refractivity contribution in [3.05, 3.63) is 60.7 Å². The minimum atomic E-state index is 0.740. The molecule has 0 aromatic heterocycles. The summed E-state index contributed by atoms with van der Waals surface area (Å²) in [6.07, 6.45) is 4.18. The lowest BCUT2D eigenvalue weighted by molar-refractivity contribution is 0.198. The molecule has 126 valence electrons. The molecule has 24 heavy (non-hydrogen) atoms. The van der Waals surface area contributed by atoms with E-state index in [1.807, 2.05) is 11.8 Å². The molecule has 3 unspecified atom stereocenters. The highest BCUT2D eigenvalue weighted by Gasteiger charge is 2.42. The Morgan fingerprint density at radius 2 is 1.58 bits per heavy atom. The Hall–Kier alpha value is -0.900. The van der Waals surface area contributed by atoms with Crippen LogP contribution in [0.25, 0.3) is 0 Å². The largest absolute Gasteiger partial charge is 0.299 e. The Bertz CT molecular complexity index is 631. The Morgan fingerprint density at radius 1 is 0.875 bits per heavy atom. The van der Waals surface area contributed by atoms with E-state index in [9.17, 15) is 0 Å². The van der Waals surface area contributed by atoms with E-state index in [1.54, 1.807) is 0 Å². The van der Waals surface area contributed by atoms with E-state index in [4.69, 9.17) is 0 Å². The van der Waals surface area contributed by atoms with E-state index in [0.29, 0.717) is 0 Å². The van der Waals surface area contributed by atoms with Crippen LogP contribution in [0.5, 0.6) is 0 Å². The van der Waals surface area contributed by atoms with Crippen molar-refractivity contribution in [1.82, 2.24) is 4.90 Å². The van der Waals surface area contributed by atoms with E-state index in [-0.39, 0.29) is 0 Å². The van der Waals surface area contributed by atoms with Crippen molar-refractivity contribution in [3.63, 3.8) is 0 Å². The molecule has 2 aliphatic heterocycles. The molecule has 0 spiro atoms. The standard InChI is InChI=1S/C21H25NS2/c1-3-9-18(10-4-1)23-16-17-15-22-14-8-7-13-20(22)21(17)24-19-11-5-2-6-12-19/h1-6,9-12,17,20-21H,7-8,13-16H2. The van der Waals surface area contributed by atoms with Gasteiger partial charge >= 0.3 is 0 Å². The first kappa shape index (κ1) is 16.6. The van der Waals surface area contributed by atoms with Crippen molar-refractivity contribution in [2.24, 2.45) is 5.92 Å². The summed E-state index contributed by atoms with van der Waals surface area (Å²) in [7, 11) is 0. The summed E-state index contributed by atoms with van der Waals surface area (Å²) in [6.45, 7) is 2.60. The summed E-state index contributed by atoms with van der Waals surface area (Å²) in [4.78, 5) is 5.62. The second-order valence-corrected chi connectivity index (χ2v) is 9.18. The van der Waals surface area contributed by atoms with Crippen molar-refractivity contribution in [2.75, 3.05) is 18.8 Å². The number of benzene rings is 2. The summed E-state index contributed by atoms with van der Waals surface area (Å²) in [5.74, 6) is 2.02. The highest BCUT2D eigenvalue weighted by molar-refractivity contribution is 8.00. The first-order chi connectivity index (χ1) is 11.9. The minimum Gasteiger partial charge on any atom is -0.299 e. The van der Waals surface area contributed by atoms with Crippen molar-refractivity contribution in [2.45, 2.75) is 40.3 Å². The number of hydrogen-bond donors (Lipinski definition) is 0. The fourth-order valence-corrected chi connectivity index (χ4v) is 6.69. The van der Waals surface area contributed by atoms with E-state index in [0.717, 1.165) is 17.2 Å². The van der Waals surface area contributed by atoms with Gasteiger partial charge in [0.1, 0.15) is 0 Å². The number of nitrogens with zero attached hydrogens (tertiary/aromatic N) is 1. The Kier molecular flexibility index (Phi) is 5.51. The van der Waals surface area contributed by atoms with Crippen LogP contribution in [0.1, 0.15) is 19.3 Å². The monoisotopic (exact) mass is 355 g/mol. The fourth-order valence-electron chi connectivity index (χ4n) is 4.03. The molecule has 3 heteroatoms. The lowest BCUT2D eigenvalue weighted by Gasteiger charge is -2.32. The van der Waals surface area contributed by atoms with Crippen LogP contribution in [0.2, 0.25) is 0 Å². The van der Waals surface area contributed by atoms with E-state index < -0.39 is 0 Å². The predicted molar refractivity (Wildman–Crippen MR) is 106 cm³/mol. The zero-order chi connectivity index (χ0) is 16.2. The number of thioether (sulfide) groups is 2. The number of rotatable bonds is 5. The number of fused-ring (bicyclic) bond motifs is 1. The molecule has 2 fully saturated rings. The molecule has 0 radical (unpaired) electrons. The Labute approximate surface area is 154 Å². The van der Waals surface area contributed by atoms with Gasteiger partial charge in [0, 0.05) is 33.4 Å². The van der Waals surface area contributed by atoms with Gasteiger partial charge in [0.15, 0.2) is 0 Å². The molecular weight excluding hydrogens is 330 g/mol. The summed E-state index contributed by atoms with van der Waals surface area (Å²) in [6, 6.07) is 22.7. The summed E-state index contributed by atoms with van der Waals surface area (Å²) in [5.41, 5.74) is 0. The maximum Gasteiger partial charge on any atom is 0.0299 e. The third-order valence-electron chi connectivity index (χ3n) is 5.20. The molecule has 2 heterocycles. The van der Waals surface area contributed by atoms with Crippen LogP contribution >= 0.6 is 23.5 Å². The average Bonchev–Trinajstić information content (AvgIpc) is 2.99. The molecule has 0 amide bonds. The zero-order valence-electron chi connectivity index (χ0n) is 14.0. The van der Waals surface area contributed by atoms with Crippen molar-refractivity contribution in [1.29, 1.82) is 0 Å². The first-order valence-electron chi connectivity index (χ1n) is 9.04. The second-order valence-electron chi connectivity index (χ2n) is 6.84. The van der Waals surface area contributed by atoms with E-state index in [1.165, 1.54) is 47.9 Å². The fraction of sp³-hybridized carbons (Fsp3) is 0.429. The summed E-state index contributed by atoms with van der Waals surface area (Å²) >= 11 is 4.16. The average molecular weight is 356 g/mol. The normalized spacial score (nSPS) is 27.1. The Morgan fingerprint density at radius 3 is 2.33 bits per heavy atom. The van der Waals surface area contributed by atoms with Gasteiger partial charge in [0.05, 0.1) is 0 Å². The quantitative estimate of drug-likeness (QED) is 0.659. The highest BCUT2D eigenvalue weighted by Crippen LogP contribution is 2.43. The second kappa shape index (κ2) is 7.99. The van der Waals surface area contributed by atoms with Crippen molar-refractivity contribution in [3.8, 4) is 0 Å². The van der Waals surface area contributed by atoms with E-state index >= 15 is 0 Å². The molecule has 0 aliphatic carbocycles. The van der Waals surface area contributed by atoms with Crippen molar-refractivity contribution < 1.29 is 0 Å². The third kappa shape index (κ3) is 3.84. The molecule has 2 aromatic carbocycles. The van der Waals surface area contributed by atoms with Gasteiger partial charge in [0.2, 0.25) is 0 Å². The minimum absolute atomic E-state index is 0.740. The smallest absolute Gasteiger partial charge is 0.0299 e. The van der Waals surface area contributed by atoms with Gasteiger partial charge in [-0.15, -0.1) is 23.5 Å². The molecule has 3 atom stereocenters. The molecule has 0 N–H and O–H groups in total.